The van der Waals surface area contributed by atoms with Crippen molar-refractivity contribution in [2.24, 2.45) is 0 Å². The molecule has 1 N–H and O–H groups in total. The zero-order valence-electron chi connectivity index (χ0n) is 14.5. The number of rotatable bonds is 6. The lowest BCUT2D eigenvalue weighted by atomic mass is 10.0. The van der Waals surface area contributed by atoms with Crippen LogP contribution in [0.25, 0.3) is 10.8 Å². The summed E-state index contributed by atoms with van der Waals surface area (Å²) in [6.45, 7) is 1.59. The van der Waals surface area contributed by atoms with Crippen LogP contribution in [0.5, 0.6) is 11.5 Å². The third-order valence-electron chi connectivity index (χ3n) is 4.08. The van der Waals surface area contributed by atoms with Crippen LogP contribution in [0.15, 0.2) is 64.0 Å². The van der Waals surface area contributed by atoms with Gasteiger partial charge in [0.25, 0.3) is 0 Å². The van der Waals surface area contributed by atoms with Crippen molar-refractivity contribution in [1.82, 2.24) is 0 Å². The van der Waals surface area contributed by atoms with Gasteiger partial charge in [-0.05, 0) is 53.4 Å². The van der Waals surface area contributed by atoms with E-state index < -0.39 is 15.8 Å². The first-order valence-corrected chi connectivity index (χ1v) is 10.7. The first kappa shape index (κ1) is 19.4. The van der Waals surface area contributed by atoms with Gasteiger partial charge < -0.3 is 9.84 Å². The number of ether oxygens (including phenoxy) is 1. The van der Waals surface area contributed by atoms with Crippen LogP contribution < -0.4 is 4.74 Å². The molecule has 0 spiro atoms. The average Bonchev–Trinajstić information content (AvgIpc) is 2.62. The van der Waals surface area contributed by atoms with E-state index in [0.717, 1.165) is 15.2 Å². The molecule has 3 aromatic rings. The van der Waals surface area contributed by atoms with E-state index in [0.29, 0.717) is 17.1 Å². The lowest BCUT2D eigenvalue weighted by molar-refractivity contribution is -0.136. The Balaban J connectivity index is 2.02. The highest BCUT2D eigenvalue weighted by atomic mass is 79.9. The standard InChI is InChI=1S/C20H17BrO5S/c1-2-27(24,25)17-7-5-16(6-8-17)26-19-10-13(11-20(22)23)9-14-3-4-15(21)12-18(14)19/h3-10,12H,2,11H2,1H3,(H,22,23). The number of sulfone groups is 1. The largest absolute Gasteiger partial charge is 0.481 e. The van der Waals surface area contributed by atoms with Gasteiger partial charge in [0.15, 0.2) is 9.84 Å². The first-order chi connectivity index (χ1) is 12.8. The monoisotopic (exact) mass is 448 g/mol. The number of hydrogen-bond donors (Lipinski definition) is 1. The number of carboxylic acid groups (broad SMARTS) is 1. The number of halogens is 1. The van der Waals surface area contributed by atoms with Gasteiger partial charge in [0.2, 0.25) is 0 Å². The van der Waals surface area contributed by atoms with Gasteiger partial charge in [-0.2, -0.15) is 0 Å². The molecule has 3 aromatic carbocycles. The molecule has 140 valence electrons. The molecule has 0 radical (unpaired) electrons. The molecule has 0 aliphatic heterocycles. The molecule has 0 saturated heterocycles. The molecule has 0 aliphatic carbocycles. The molecule has 5 nitrogen and oxygen atoms in total. The Bertz CT molecular complexity index is 1110. The quantitative estimate of drug-likeness (QED) is 0.584. The van der Waals surface area contributed by atoms with E-state index in [1.54, 1.807) is 25.1 Å². The van der Waals surface area contributed by atoms with Gasteiger partial charge in [0.05, 0.1) is 17.1 Å². The molecular formula is C20H17BrO5S. The maximum absolute atomic E-state index is 11.9. The molecule has 3 rings (SSSR count). The molecule has 27 heavy (non-hydrogen) atoms. The highest BCUT2D eigenvalue weighted by Gasteiger charge is 2.13. The summed E-state index contributed by atoms with van der Waals surface area (Å²) >= 11 is 3.43. The van der Waals surface area contributed by atoms with Gasteiger partial charge in [-0.15, -0.1) is 0 Å². The van der Waals surface area contributed by atoms with Crippen LogP contribution in [0.3, 0.4) is 0 Å². The van der Waals surface area contributed by atoms with Crippen molar-refractivity contribution in [2.45, 2.75) is 18.2 Å². The van der Waals surface area contributed by atoms with E-state index in [9.17, 15) is 13.2 Å². The minimum absolute atomic E-state index is 0.0309. The summed E-state index contributed by atoms with van der Waals surface area (Å²) in [6.07, 6.45) is -0.115. The number of benzene rings is 3. The fraction of sp³-hybridized carbons (Fsp3) is 0.150. The molecule has 0 bridgehead atoms. The van der Waals surface area contributed by atoms with Gasteiger partial charge in [0, 0.05) is 9.86 Å². The zero-order chi connectivity index (χ0) is 19.6. The maximum atomic E-state index is 11.9. The Morgan fingerprint density at radius 1 is 1.07 bits per heavy atom. The molecule has 0 aliphatic rings. The van der Waals surface area contributed by atoms with Crippen molar-refractivity contribution in [3.05, 3.63) is 64.6 Å². The van der Waals surface area contributed by atoms with Crippen molar-refractivity contribution >= 4 is 42.5 Å². The highest BCUT2D eigenvalue weighted by molar-refractivity contribution is 9.10. The second-order valence-electron chi connectivity index (χ2n) is 6.01. The number of fused-ring (bicyclic) bond motifs is 1. The molecule has 0 aromatic heterocycles. The zero-order valence-corrected chi connectivity index (χ0v) is 16.9. The van der Waals surface area contributed by atoms with Gasteiger partial charge in [0.1, 0.15) is 11.5 Å². The third kappa shape index (κ3) is 4.48. The minimum Gasteiger partial charge on any atom is -0.481 e. The lowest BCUT2D eigenvalue weighted by Gasteiger charge is -2.12. The number of hydrogen-bond acceptors (Lipinski definition) is 4. The Morgan fingerprint density at radius 2 is 1.78 bits per heavy atom. The highest BCUT2D eigenvalue weighted by Crippen LogP contribution is 2.34. The van der Waals surface area contributed by atoms with Gasteiger partial charge in [-0.25, -0.2) is 8.42 Å². The van der Waals surface area contributed by atoms with Crippen LogP contribution in [0.4, 0.5) is 0 Å². The Morgan fingerprint density at radius 3 is 2.41 bits per heavy atom. The summed E-state index contributed by atoms with van der Waals surface area (Å²) in [5.74, 6) is 0.0878. The van der Waals surface area contributed by atoms with Crippen LogP contribution >= 0.6 is 15.9 Å². The predicted molar refractivity (Wildman–Crippen MR) is 107 cm³/mol. The van der Waals surface area contributed by atoms with Gasteiger partial charge in [-0.3, -0.25) is 4.79 Å². The van der Waals surface area contributed by atoms with Crippen molar-refractivity contribution in [1.29, 1.82) is 0 Å². The van der Waals surface area contributed by atoms with E-state index in [1.165, 1.54) is 12.1 Å². The van der Waals surface area contributed by atoms with Crippen LogP contribution in [0, 0.1) is 0 Å². The van der Waals surface area contributed by atoms with E-state index in [1.807, 2.05) is 24.3 Å². The summed E-state index contributed by atoms with van der Waals surface area (Å²) in [5, 5.41) is 10.8. The summed E-state index contributed by atoms with van der Waals surface area (Å²) in [4.78, 5) is 11.3. The van der Waals surface area contributed by atoms with Crippen molar-refractivity contribution < 1.29 is 23.1 Å². The van der Waals surface area contributed by atoms with E-state index >= 15 is 0 Å². The summed E-state index contributed by atoms with van der Waals surface area (Å²) < 4.78 is 30.7. The molecular weight excluding hydrogens is 432 g/mol. The predicted octanol–water partition coefficient (Wildman–Crippen LogP) is 4.82. The first-order valence-electron chi connectivity index (χ1n) is 8.23. The SMILES string of the molecule is CCS(=O)(=O)c1ccc(Oc2cc(CC(=O)O)cc3ccc(Br)cc23)cc1. The third-order valence-corrected chi connectivity index (χ3v) is 6.33. The van der Waals surface area contributed by atoms with E-state index in [4.69, 9.17) is 9.84 Å². The van der Waals surface area contributed by atoms with Crippen LogP contribution in [0.1, 0.15) is 12.5 Å². The topological polar surface area (TPSA) is 80.7 Å². The Labute approximate surface area is 165 Å². The smallest absolute Gasteiger partial charge is 0.307 e. The average molecular weight is 449 g/mol. The fourth-order valence-electron chi connectivity index (χ4n) is 2.73. The summed E-state index contributed by atoms with van der Waals surface area (Å²) in [5.41, 5.74) is 0.623. The summed E-state index contributed by atoms with van der Waals surface area (Å²) in [6, 6.07) is 15.4. The normalized spacial score (nSPS) is 11.5. The van der Waals surface area contributed by atoms with Crippen LogP contribution in [-0.2, 0) is 21.1 Å². The van der Waals surface area contributed by atoms with Gasteiger partial charge in [-0.1, -0.05) is 35.0 Å². The molecule has 0 atom stereocenters. The van der Waals surface area contributed by atoms with E-state index in [-0.39, 0.29) is 17.1 Å². The van der Waals surface area contributed by atoms with Gasteiger partial charge >= 0.3 is 5.97 Å². The molecule has 0 saturated carbocycles. The van der Waals surface area contributed by atoms with E-state index in [2.05, 4.69) is 15.9 Å². The summed E-state index contributed by atoms with van der Waals surface area (Å²) in [7, 11) is -3.28. The minimum atomic E-state index is -3.28. The number of aliphatic carboxylic acids is 1. The maximum Gasteiger partial charge on any atom is 0.307 e. The molecule has 0 heterocycles. The lowest BCUT2D eigenvalue weighted by Crippen LogP contribution is -2.03. The van der Waals surface area contributed by atoms with Crippen molar-refractivity contribution in [2.75, 3.05) is 5.75 Å². The molecule has 0 unspecified atom stereocenters. The second kappa shape index (κ2) is 7.70. The van der Waals surface area contributed by atoms with Crippen molar-refractivity contribution in [3.8, 4) is 11.5 Å². The Hall–Kier alpha value is -2.38. The van der Waals surface area contributed by atoms with Crippen LogP contribution in [-0.4, -0.2) is 25.2 Å². The number of carbonyl (C=O) groups is 1. The fourth-order valence-corrected chi connectivity index (χ4v) is 3.97. The Kier molecular flexibility index (Phi) is 5.53. The molecule has 7 heteroatoms. The van der Waals surface area contributed by atoms with Crippen LogP contribution in [0.2, 0.25) is 0 Å². The molecule has 0 amide bonds. The molecule has 0 fully saturated rings. The van der Waals surface area contributed by atoms with Crippen molar-refractivity contribution in [3.63, 3.8) is 0 Å². The number of carboxylic acids is 1. The second-order valence-corrected chi connectivity index (χ2v) is 9.20.